The molecule has 0 saturated heterocycles. The maximum absolute atomic E-state index is 13.3. The molecule has 2 heteroatoms. The molecule has 0 unspecified atom stereocenters. The minimum atomic E-state index is -2.72. The van der Waals surface area contributed by atoms with Crippen LogP contribution in [0.4, 0.5) is 8.78 Å². The fourth-order valence-corrected chi connectivity index (χ4v) is 4.57. The van der Waals surface area contributed by atoms with Crippen molar-refractivity contribution in [1.29, 1.82) is 0 Å². The summed E-state index contributed by atoms with van der Waals surface area (Å²) in [6, 6.07) is 17.2. The third-order valence-corrected chi connectivity index (χ3v) is 6.67. The zero-order valence-corrected chi connectivity index (χ0v) is 18.5. The van der Waals surface area contributed by atoms with Crippen LogP contribution in [-0.2, 0) is 12.8 Å². The van der Waals surface area contributed by atoms with E-state index < -0.39 is 5.92 Å². The van der Waals surface area contributed by atoms with Crippen LogP contribution in [0.15, 0.2) is 54.6 Å². The van der Waals surface area contributed by atoms with Crippen LogP contribution in [0.5, 0.6) is 0 Å². The van der Waals surface area contributed by atoms with Gasteiger partial charge in [-0.25, -0.2) is 8.78 Å². The Morgan fingerprint density at radius 2 is 1.40 bits per heavy atom. The number of rotatable bonds is 9. The first-order valence-electron chi connectivity index (χ1n) is 11.7. The fourth-order valence-electron chi connectivity index (χ4n) is 4.57. The van der Waals surface area contributed by atoms with Crippen molar-refractivity contribution >= 4 is 6.08 Å². The van der Waals surface area contributed by atoms with E-state index in [0.717, 1.165) is 36.3 Å². The van der Waals surface area contributed by atoms with Crippen LogP contribution in [0.3, 0.4) is 0 Å². The lowest BCUT2D eigenvalue weighted by Gasteiger charge is -2.28. The average Bonchev–Trinajstić information content (AvgIpc) is 2.78. The molecule has 0 amide bonds. The zero-order chi connectivity index (χ0) is 21.4. The summed E-state index contributed by atoms with van der Waals surface area (Å²) >= 11 is 0. The van der Waals surface area contributed by atoms with Crippen LogP contribution in [0, 0.1) is 5.92 Å². The smallest absolute Gasteiger partial charge is 0.202 e. The average molecular weight is 411 g/mol. The number of aryl methyl sites for hydroxylation is 2. The van der Waals surface area contributed by atoms with Gasteiger partial charge in [0.1, 0.15) is 0 Å². The van der Waals surface area contributed by atoms with Gasteiger partial charge in [-0.3, -0.25) is 0 Å². The van der Waals surface area contributed by atoms with Gasteiger partial charge in [0.05, 0.1) is 0 Å². The van der Waals surface area contributed by atoms with Gasteiger partial charge in [-0.1, -0.05) is 81.3 Å². The van der Waals surface area contributed by atoms with E-state index in [4.69, 9.17) is 0 Å². The van der Waals surface area contributed by atoms with Crippen LogP contribution >= 0.6 is 0 Å². The van der Waals surface area contributed by atoms with Gasteiger partial charge >= 0.3 is 0 Å². The van der Waals surface area contributed by atoms with Gasteiger partial charge < -0.3 is 0 Å². The third-order valence-electron chi connectivity index (χ3n) is 6.67. The van der Waals surface area contributed by atoms with Crippen LogP contribution < -0.4 is 0 Å². The molecule has 2 aromatic carbocycles. The second kappa shape index (κ2) is 10.9. The van der Waals surface area contributed by atoms with Crippen molar-refractivity contribution in [2.75, 3.05) is 0 Å². The minimum Gasteiger partial charge on any atom is -0.202 e. The van der Waals surface area contributed by atoms with E-state index >= 15 is 0 Å². The molecule has 0 radical (unpaired) electrons. The number of allylic oxidation sites excluding steroid dienone is 1. The Labute approximate surface area is 181 Å². The highest BCUT2D eigenvalue weighted by atomic mass is 19.3. The summed E-state index contributed by atoms with van der Waals surface area (Å²) in [6.07, 6.45) is 12.5. The fraction of sp³-hybridized carbons (Fsp3) is 0.500. The highest BCUT2D eigenvalue weighted by Gasteiger charge is 2.22. The Hall–Kier alpha value is -1.96. The molecule has 3 rings (SSSR count). The molecule has 1 fully saturated rings. The molecule has 2 aromatic rings. The predicted molar refractivity (Wildman–Crippen MR) is 124 cm³/mol. The molecule has 1 saturated carbocycles. The lowest BCUT2D eigenvalue weighted by molar-refractivity contribution is 0.0520. The molecular weight excluding hydrogens is 374 g/mol. The Balaban J connectivity index is 1.48. The largest absolute Gasteiger partial charge is 0.266 e. The van der Waals surface area contributed by atoms with Gasteiger partial charge in [0.15, 0.2) is 0 Å². The molecular formula is C28H36F2. The molecule has 1 aliphatic carbocycles. The van der Waals surface area contributed by atoms with Crippen LogP contribution in [0.25, 0.3) is 6.08 Å². The number of hydrogen-bond acceptors (Lipinski definition) is 0. The molecule has 0 aliphatic heterocycles. The van der Waals surface area contributed by atoms with Crippen molar-refractivity contribution in [3.05, 3.63) is 76.9 Å². The summed E-state index contributed by atoms with van der Waals surface area (Å²) in [6.45, 7) is 3.79. The van der Waals surface area contributed by atoms with Crippen molar-refractivity contribution in [1.82, 2.24) is 0 Å². The van der Waals surface area contributed by atoms with E-state index in [0.29, 0.717) is 0 Å². The third kappa shape index (κ3) is 6.79. The molecule has 0 spiro atoms. The van der Waals surface area contributed by atoms with Crippen LogP contribution in [-0.4, -0.2) is 5.92 Å². The summed E-state index contributed by atoms with van der Waals surface area (Å²) in [5.41, 5.74) is 4.94. The molecule has 0 bridgehead atoms. The van der Waals surface area contributed by atoms with Crippen molar-refractivity contribution in [3.8, 4) is 0 Å². The van der Waals surface area contributed by atoms with E-state index in [1.165, 1.54) is 68.2 Å². The van der Waals surface area contributed by atoms with E-state index in [9.17, 15) is 8.78 Å². The second-order valence-corrected chi connectivity index (χ2v) is 8.94. The second-order valence-electron chi connectivity index (χ2n) is 8.94. The molecule has 0 nitrogen and oxygen atoms in total. The highest BCUT2D eigenvalue weighted by molar-refractivity contribution is 5.50. The van der Waals surface area contributed by atoms with Gasteiger partial charge in [0, 0.05) is 6.42 Å². The monoisotopic (exact) mass is 410 g/mol. The zero-order valence-electron chi connectivity index (χ0n) is 18.5. The quantitative estimate of drug-likeness (QED) is 0.388. The maximum atomic E-state index is 13.3. The van der Waals surface area contributed by atoms with Crippen molar-refractivity contribution in [2.45, 2.75) is 83.5 Å². The Morgan fingerprint density at radius 1 is 0.833 bits per heavy atom. The van der Waals surface area contributed by atoms with E-state index in [1.54, 1.807) is 0 Å². The minimum absolute atomic E-state index is 0.166. The highest BCUT2D eigenvalue weighted by Crippen LogP contribution is 2.37. The number of halogens is 2. The van der Waals surface area contributed by atoms with Crippen molar-refractivity contribution in [2.24, 2.45) is 5.92 Å². The lowest BCUT2D eigenvalue weighted by atomic mass is 9.77. The first kappa shape index (κ1) is 22.7. The van der Waals surface area contributed by atoms with E-state index in [-0.39, 0.29) is 6.42 Å². The predicted octanol–water partition coefficient (Wildman–Crippen LogP) is 8.60. The van der Waals surface area contributed by atoms with Crippen molar-refractivity contribution in [3.63, 3.8) is 0 Å². The van der Waals surface area contributed by atoms with Gasteiger partial charge in [0.2, 0.25) is 0 Å². The van der Waals surface area contributed by atoms with Crippen LogP contribution in [0.2, 0.25) is 0 Å². The van der Waals surface area contributed by atoms with Gasteiger partial charge in [-0.05, 0) is 78.7 Å². The Bertz CT molecular complexity index is 778. The molecule has 1 aliphatic rings. The molecule has 0 heterocycles. The van der Waals surface area contributed by atoms with E-state index in [2.05, 4.69) is 31.2 Å². The lowest BCUT2D eigenvalue weighted by Crippen LogP contribution is -2.13. The molecule has 0 atom stereocenters. The summed E-state index contributed by atoms with van der Waals surface area (Å²) in [5, 5.41) is 0. The molecule has 0 aromatic heterocycles. The Morgan fingerprint density at radius 3 is 1.93 bits per heavy atom. The van der Waals surface area contributed by atoms with Gasteiger partial charge in [0.25, 0.3) is 5.92 Å². The van der Waals surface area contributed by atoms with Gasteiger partial charge in [-0.2, -0.15) is 0 Å². The maximum Gasteiger partial charge on any atom is 0.266 e. The summed E-state index contributed by atoms with van der Waals surface area (Å²) < 4.78 is 26.7. The summed E-state index contributed by atoms with van der Waals surface area (Å²) in [7, 11) is 0. The number of hydrogen-bond donors (Lipinski definition) is 0. The van der Waals surface area contributed by atoms with E-state index in [1.807, 2.05) is 24.3 Å². The number of benzene rings is 2. The Kier molecular flexibility index (Phi) is 8.24. The SMILES string of the molecule is CCCC1CCC(c2ccc(CCc3ccc(/C=C/C(F)(F)CC)cc3)cc2)CC1. The normalized spacial score (nSPS) is 20.0. The summed E-state index contributed by atoms with van der Waals surface area (Å²) in [4.78, 5) is 0. The molecule has 0 N–H and O–H groups in total. The molecule has 30 heavy (non-hydrogen) atoms. The summed E-state index contributed by atoms with van der Waals surface area (Å²) in [5.74, 6) is -1.02. The standard InChI is InChI=1S/C28H36F2/c1-3-5-22-12-16-26(17-13-22)27-18-14-24(15-19-27)7-6-23-8-10-25(11-9-23)20-21-28(29,30)4-2/h8-11,14-15,18-22,26H,3-7,12-13,16-17H2,1-2H3/b21-20+. The molecule has 162 valence electrons. The van der Waals surface area contributed by atoms with Crippen molar-refractivity contribution < 1.29 is 8.78 Å². The van der Waals surface area contributed by atoms with Gasteiger partial charge in [-0.15, -0.1) is 0 Å². The topological polar surface area (TPSA) is 0 Å². The number of alkyl halides is 2. The first-order chi connectivity index (χ1) is 14.5. The first-order valence-corrected chi connectivity index (χ1v) is 11.7. The van der Waals surface area contributed by atoms with Crippen LogP contribution in [0.1, 0.15) is 87.0 Å².